The smallest absolute Gasteiger partial charge is 0.335 e. The minimum absolute atomic E-state index is 0.420. The number of barbiturate groups is 1. The lowest BCUT2D eigenvalue weighted by molar-refractivity contribution is -0.131. The Labute approximate surface area is 150 Å². The van der Waals surface area contributed by atoms with E-state index in [1.165, 1.54) is 6.21 Å². The van der Waals surface area contributed by atoms with E-state index in [-0.39, 0.29) is 0 Å². The first-order chi connectivity index (χ1) is 12.6. The van der Waals surface area contributed by atoms with Crippen molar-refractivity contribution in [3.8, 4) is 0 Å². The Kier molecular flexibility index (Phi) is 5.21. The van der Waals surface area contributed by atoms with Crippen molar-refractivity contribution in [3.63, 3.8) is 0 Å². The first kappa shape index (κ1) is 17.5. The Balaban J connectivity index is 1.65. The summed E-state index contributed by atoms with van der Waals surface area (Å²) in [4.78, 5) is 45.8. The van der Waals surface area contributed by atoms with Crippen LogP contribution in [0.25, 0.3) is 0 Å². The minimum atomic E-state index is -1.11. The number of carbonyl (C=O) groups excluding carboxylic acids is 3. The van der Waals surface area contributed by atoms with Crippen molar-refractivity contribution in [1.82, 2.24) is 14.9 Å². The van der Waals surface area contributed by atoms with Crippen molar-refractivity contribution in [1.29, 1.82) is 0 Å². The van der Waals surface area contributed by atoms with Gasteiger partial charge < -0.3 is 4.57 Å². The lowest BCUT2D eigenvalue weighted by atomic mass is 10.1. The number of anilines is 1. The molecule has 0 spiro atoms. The predicted octanol–water partition coefficient (Wildman–Crippen LogP) is 1.55. The Morgan fingerprint density at radius 1 is 1.23 bits per heavy atom. The third-order valence-corrected chi connectivity index (χ3v) is 4.01. The molecule has 134 valence electrons. The number of hydrogen-bond acceptors (Lipinski definition) is 5. The van der Waals surface area contributed by atoms with Gasteiger partial charge in [0.2, 0.25) is 5.91 Å². The van der Waals surface area contributed by atoms with E-state index in [2.05, 4.69) is 15.3 Å². The van der Waals surface area contributed by atoms with Crippen LogP contribution in [0.5, 0.6) is 0 Å². The largest absolute Gasteiger partial charge is 0.337 e. The van der Waals surface area contributed by atoms with E-state index in [0.717, 1.165) is 23.4 Å². The molecule has 1 atom stereocenters. The van der Waals surface area contributed by atoms with E-state index in [4.69, 9.17) is 0 Å². The second-order valence-electron chi connectivity index (χ2n) is 5.99. The quantitative estimate of drug-likeness (QED) is 0.484. The van der Waals surface area contributed by atoms with Gasteiger partial charge in [-0.05, 0) is 25.5 Å². The van der Waals surface area contributed by atoms with Gasteiger partial charge in [-0.2, -0.15) is 0 Å². The predicted molar refractivity (Wildman–Crippen MR) is 95.9 cm³/mol. The summed E-state index contributed by atoms with van der Waals surface area (Å²) in [5, 5.41) is 2.21. The van der Waals surface area contributed by atoms with Gasteiger partial charge in [0.15, 0.2) is 5.92 Å². The molecule has 1 aromatic heterocycles. The molecule has 0 aliphatic carbocycles. The van der Waals surface area contributed by atoms with Crippen LogP contribution in [0.1, 0.15) is 12.0 Å². The van der Waals surface area contributed by atoms with Crippen LogP contribution in [0, 0.1) is 12.8 Å². The summed E-state index contributed by atoms with van der Waals surface area (Å²) in [6.45, 7) is 3.12. The van der Waals surface area contributed by atoms with Gasteiger partial charge in [-0.1, -0.05) is 17.7 Å². The number of nitrogens with zero attached hydrogens (tertiary/aromatic N) is 4. The molecule has 1 N–H and O–H groups in total. The van der Waals surface area contributed by atoms with Crippen LogP contribution in [0.15, 0.2) is 48.0 Å². The molecular formula is C18H19N5O3. The number of urea groups is 1. The number of amides is 4. The fourth-order valence-electron chi connectivity index (χ4n) is 2.60. The zero-order valence-electron chi connectivity index (χ0n) is 14.3. The average molecular weight is 353 g/mol. The fourth-order valence-corrected chi connectivity index (χ4v) is 2.60. The number of aryl methyl sites for hydroxylation is 2. The lowest BCUT2D eigenvalue weighted by Crippen LogP contribution is -2.58. The first-order valence-corrected chi connectivity index (χ1v) is 8.27. The zero-order chi connectivity index (χ0) is 18.5. The van der Waals surface area contributed by atoms with Crippen LogP contribution in [-0.4, -0.2) is 40.2 Å². The van der Waals surface area contributed by atoms with Crippen molar-refractivity contribution in [2.75, 3.05) is 11.4 Å². The van der Waals surface area contributed by atoms with Gasteiger partial charge in [0.1, 0.15) is 0 Å². The summed E-state index contributed by atoms with van der Waals surface area (Å²) < 4.78 is 1.92. The maximum Gasteiger partial charge on any atom is 0.335 e. The number of aromatic nitrogens is 2. The molecule has 2 aromatic rings. The summed E-state index contributed by atoms with van der Waals surface area (Å²) in [7, 11) is 0. The Morgan fingerprint density at radius 3 is 2.69 bits per heavy atom. The Hall–Kier alpha value is -3.29. The number of aliphatic imine (C=N–C) groups is 1. The molecule has 0 bridgehead atoms. The van der Waals surface area contributed by atoms with Crippen LogP contribution < -0.4 is 10.2 Å². The van der Waals surface area contributed by atoms with Crippen molar-refractivity contribution in [2.45, 2.75) is 19.9 Å². The van der Waals surface area contributed by atoms with Crippen LogP contribution in [0.2, 0.25) is 0 Å². The molecule has 1 fully saturated rings. The molecule has 0 radical (unpaired) electrons. The second kappa shape index (κ2) is 7.73. The number of imidazole rings is 1. The Morgan fingerprint density at radius 2 is 2.00 bits per heavy atom. The minimum Gasteiger partial charge on any atom is -0.337 e. The molecule has 1 aromatic carbocycles. The van der Waals surface area contributed by atoms with E-state index in [0.29, 0.717) is 12.2 Å². The summed E-state index contributed by atoms with van der Waals surface area (Å²) in [6.07, 6.45) is 7.33. The topological polar surface area (TPSA) is 96.7 Å². The SMILES string of the molecule is Cc1ccc(N2C(=O)NC(=O)[C@@H](C=NCCCn3ccnc3)C2=O)cc1. The molecule has 3 rings (SSSR count). The number of hydrogen-bond donors (Lipinski definition) is 1. The molecule has 4 amide bonds. The highest BCUT2D eigenvalue weighted by Gasteiger charge is 2.40. The molecular weight excluding hydrogens is 334 g/mol. The van der Waals surface area contributed by atoms with Crippen LogP contribution in [0.4, 0.5) is 10.5 Å². The molecule has 0 unspecified atom stereocenters. The van der Waals surface area contributed by atoms with E-state index >= 15 is 0 Å². The highest BCUT2D eigenvalue weighted by molar-refractivity contribution is 6.32. The molecule has 1 saturated heterocycles. The average Bonchev–Trinajstić information content (AvgIpc) is 3.12. The van der Waals surface area contributed by atoms with Crippen molar-refractivity contribution in [3.05, 3.63) is 48.5 Å². The molecule has 1 aliphatic rings. The number of benzene rings is 1. The maximum absolute atomic E-state index is 12.6. The van der Waals surface area contributed by atoms with Crippen molar-refractivity contribution < 1.29 is 14.4 Å². The lowest BCUT2D eigenvalue weighted by Gasteiger charge is -2.28. The first-order valence-electron chi connectivity index (χ1n) is 8.27. The van der Waals surface area contributed by atoms with Gasteiger partial charge in [-0.25, -0.2) is 14.7 Å². The third-order valence-electron chi connectivity index (χ3n) is 4.01. The molecule has 8 nitrogen and oxygen atoms in total. The molecule has 26 heavy (non-hydrogen) atoms. The van der Waals surface area contributed by atoms with Crippen LogP contribution in [0.3, 0.4) is 0 Å². The van der Waals surface area contributed by atoms with Gasteiger partial charge >= 0.3 is 6.03 Å². The number of rotatable bonds is 6. The standard InChI is InChI=1S/C18H19N5O3/c1-13-3-5-14(6-4-13)23-17(25)15(16(24)21-18(23)26)11-19-7-2-9-22-10-8-20-12-22/h3-6,8,10-12,15H,2,7,9H2,1H3,(H,21,24,26)/t15-/m1/s1. The van der Waals surface area contributed by atoms with Crippen LogP contribution >= 0.6 is 0 Å². The van der Waals surface area contributed by atoms with E-state index < -0.39 is 23.8 Å². The zero-order valence-corrected chi connectivity index (χ0v) is 14.3. The van der Waals surface area contributed by atoms with Crippen molar-refractivity contribution >= 4 is 29.7 Å². The van der Waals surface area contributed by atoms with E-state index in [1.807, 2.05) is 17.7 Å². The van der Waals surface area contributed by atoms with Crippen LogP contribution in [-0.2, 0) is 16.1 Å². The summed E-state index contributed by atoms with van der Waals surface area (Å²) in [5.41, 5.74) is 1.43. The highest BCUT2D eigenvalue weighted by atomic mass is 16.2. The Bertz CT molecular complexity index is 827. The van der Waals surface area contributed by atoms with Crippen molar-refractivity contribution in [2.24, 2.45) is 10.9 Å². The number of imide groups is 2. The summed E-state index contributed by atoms with van der Waals surface area (Å²) >= 11 is 0. The molecule has 0 saturated carbocycles. The fraction of sp³-hybridized carbons (Fsp3) is 0.278. The molecule has 8 heteroatoms. The van der Waals surface area contributed by atoms with Gasteiger partial charge in [0.25, 0.3) is 5.91 Å². The van der Waals surface area contributed by atoms with E-state index in [1.54, 1.807) is 36.8 Å². The molecule has 1 aliphatic heterocycles. The normalized spacial score (nSPS) is 17.8. The van der Waals surface area contributed by atoms with Gasteiger partial charge in [-0.15, -0.1) is 0 Å². The van der Waals surface area contributed by atoms with E-state index in [9.17, 15) is 14.4 Å². The number of carbonyl (C=O) groups is 3. The van der Waals surface area contributed by atoms with Gasteiger partial charge in [0.05, 0.1) is 12.0 Å². The summed E-state index contributed by atoms with van der Waals surface area (Å²) in [6, 6.07) is 6.19. The third kappa shape index (κ3) is 3.85. The monoisotopic (exact) mass is 353 g/mol. The number of nitrogens with one attached hydrogen (secondary N) is 1. The maximum atomic E-state index is 12.6. The van der Waals surface area contributed by atoms with Gasteiger partial charge in [0, 0.05) is 31.7 Å². The second-order valence-corrected chi connectivity index (χ2v) is 5.99. The van der Waals surface area contributed by atoms with Gasteiger partial charge in [-0.3, -0.25) is 19.9 Å². The summed E-state index contributed by atoms with van der Waals surface area (Å²) in [5.74, 6) is -2.36. The molecule has 2 heterocycles. The highest BCUT2D eigenvalue weighted by Crippen LogP contribution is 2.20.